The average Bonchev–Trinajstić information content (AvgIpc) is 2.89. The molecule has 1 aromatic carbocycles. The molecular weight excluding hydrogens is 280 g/mol. The van der Waals surface area contributed by atoms with E-state index >= 15 is 0 Å². The maximum atomic E-state index is 5.89. The predicted molar refractivity (Wildman–Crippen MR) is 87.2 cm³/mol. The van der Waals surface area contributed by atoms with Gasteiger partial charge in [-0.1, -0.05) is 17.7 Å². The molecule has 0 atom stereocenters. The number of hydrogen-bond donors (Lipinski definition) is 1. The lowest BCUT2D eigenvalue weighted by atomic mass is 9.99. The van der Waals surface area contributed by atoms with E-state index in [1.807, 2.05) is 23.5 Å². The van der Waals surface area contributed by atoms with Gasteiger partial charge in [-0.15, -0.1) is 11.3 Å². The van der Waals surface area contributed by atoms with E-state index in [1.54, 1.807) is 0 Å². The van der Waals surface area contributed by atoms with Crippen LogP contribution in [0.15, 0.2) is 24.3 Å². The summed E-state index contributed by atoms with van der Waals surface area (Å²) in [6.45, 7) is 7.02. The lowest BCUT2D eigenvalue weighted by Crippen LogP contribution is -2.26. The standard InChI is InChI=1S/C17H22N2OS/c1-12-3-5-15(6-4-12)20-11-16-13(2)19-17(21-16)14-7-9-18-10-8-14/h3-6,14,18H,7-11H2,1-2H3. The highest BCUT2D eigenvalue weighted by Gasteiger charge is 2.20. The van der Waals surface area contributed by atoms with Crippen LogP contribution in [0.25, 0.3) is 0 Å². The number of piperidine rings is 1. The number of benzene rings is 1. The minimum absolute atomic E-state index is 0.623. The molecule has 1 fully saturated rings. The molecule has 21 heavy (non-hydrogen) atoms. The van der Waals surface area contributed by atoms with E-state index in [1.165, 1.54) is 28.3 Å². The zero-order valence-corrected chi connectivity index (χ0v) is 13.5. The number of nitrogens with zero attached hydrogens (tertiary/aromatic N) is 1. The molecule has 2 aromatic rings. The molecule has 0 unspecified atom stereocenters. The smallest absolute Gasteiger partial charge is 0.124 e. The van der Waals surface area contributed by atoms with Crippen LogP contribution in [-0.4, -0.2) is 18.1 Å². The van der Waals surface area contributed by atoms with Crippen molar-refractivity contribution in [2.75, 3.05) is 13.1 Å². The second-order valence-electron chi connectivity index (χ2n) is 5.69. The molecule has 0 bridgehead atoms. The molecule has 0 amide bonds. The van der Waals surface area contributed by atoms with Crippen LogP contribution in [0.2, 0.25) is 0 Å². The van der Waals surface area contributed by atoms with E-state index in [9.17, 15) is 0 Å². The summed E-state index contributed by atoms with van der Waals surface area (Å²) in [5, 5.41) is 4.70. The average molecular weight is 302 g/mol. The molecule has 1 aliphatic rings. The van der Waals surface area contributed by atoms with E-state index in [2.05, 4.69) is 31.3 Å². The Bertz CT molecular complexity index is 585. The van der Waals surface area contributed by atoms with Crippen LogP contribution in [0, 0.1) is 13.8 Å². The molecular formula is C17H22N2OS. The first kappa shape index (κ1) is 14.5. The van der Waals surface area contributed by atoms with E-state index in [4.69, 9.17) is 9.72 Å². The zero-order valence-electron chi connectivity index (χ0n) is 12.7. The van der Waals surface area contributed by atoms with Gasteiger partial charge in [0.25, 0.3) is 0 Å². The molecule has 3 rings (SSSR count). The summed E-state index contributed by atoms with van der Waals surface area (Å²) in [5.74, 6) is 1.56. The van der Waals surface area contributed by atoms with Crippen molar-refractivity contribution in [3.05, 3.63) is 45.4 Å². The first-order valence-corrected chi connectivity index (χ1v) is 8.40. The van der Waals surface area contributed by atoms with Crippen molar-refractivity contribution in [3.8, 4) is 5.75 Å². The first-order chi connectivity index (χ1) is 10.2. The van der Waals surface area contributed by atoms with Crippen molar-refractivity contribution in [1.82, 2.24) is 10.3 Å². The highest BCUT2D eigenvalue weighted by Crippen LogP contribution is 2.31. The summed E-state index contributed by atoms with van der Waals surface area (Å²) >= 11 is 1.82. The lowest BCUT2D eigenvalue weighted by molar-refractivity contribution is 0.308. The fourth-order valence-corrected chi connectivity index (χ4v) is 3.76. The number of hydrogen-bond acceptors (Lipinski definition) is 4. The van der Waals surface area contributed by atoms with Crippen LogP contribution in [-0.2, 0) is 6.61 Å². The Morgan fingerprint density at radius 1 is 1.19 bits per heavy atom. The zero-order chi connectivity index (χ0) is 14.7. The molecule has 1 N–H and O–H groups in total. The Kier molecular flexibility index (Phi) is 4.56. The van der Waals surface area contributed by atoms with E-state index in [0.717, 1.165) is 24.5 Å². The van der Waals surface area contributed by atoms with Gasteiger partial charge in [0.15, 0.2) is 0 Å². The molecule has 0 spiro atoms. The van der Waals surface area contributed by atoms with Crippen molar-refractivity contribution in [2.24, 2.45) is 0 Å². The van der Waals surface area contributed by atoms with Gasteiger partial charge >= 0.3 is 0 Å². The molecule has 1 aromatic heterocycles. The molecule has 0 aliphatic carbocycles. The summed E-state index contributed by atoms with van der Waals surface area (Å²) < 4.78 is 5.89. The van der Waals surface area contributed by atoms with Gasteiger partial charge in [-0.05, 0) is 51.9 Å². The fourth-order valence-electron chi connectivity index (χ4n) is 2.61. The van der Waals surface area contributed by atoms with Crippen LogP contribution in [0.4, 0.5) is 0 Å². The molecule has 4 heteroatoms. The van der Waals surface area contributed by atoms with Crippen LogP contribution >= 0.6 is 11.3 Å². The molecule has 3 nitrogen and oxygen atoms in total. The SMILES string of the molecule is Cc1ccc(OCc2sc(C3CCNCC3)nc2C)cc1. The Hall–Kier alpha value is -1.39. The van der Waals surface area contributed by atoms with Gasteiger partial charge in [-0.2, -0.15) is 0 Å². The summed E-state index contributed by atoms with van der Waals surface area (Å²) in [7, 11) is 0. The molecule has 0 saturated carbocycles. The summed E-state index contributed by atoms with van der Waals surface area (Å²) in [6, 6.07) is 8.21. The minimum Gasteiger partial charge on any atom is -0.488 e. The summed E-state index contributed by atoms with van der Waals surface area (Å²) in [6.07, 6.45) is 2.40. The molecule has 1 aliphatic heterocycles. The van der Waals surface area contributed by atoms with Crippen LogP contribution in [0.1, 0.15) is 39.9 Å². The number of rotatable bonds is 4. The summed E-state index contributed by atoms with van der Waals surface area (Å²) in [5.41, 5.74) is 2.38. The molecule has 2 heterocycles. The number of aromatic nitrogens is 1. The van der Waals surface area contributed by atoms with Crippen molar-refractivity contribution in [2.45, 2.75) is 39.2 Å². The van der Waals surface area contributed by atoms with E-state index in [-0.39, 0.29) is 0 Å². The first-order valence-electron chi connectivity index (χ1n) is 7.59. The maximum absolute atomic E-state index is 5.89. The third-order valence-corrected chi connectivity index (χ3v) is 5.28. The molecule has 0 radical (unpaired) electrons. The van der Waals surface area contributed by atoms with Crippen molar-refractivity contribution in [3.63, 3.8) is 0 Å². The Balaban J connectivity index is 1.65. The van der Waals surface area contributed by atoms with Crippen molar-refractivity contribution >= 4 is 11.3 Å². The van der Waals surface area contributed by atoms with Gasteiger partial charge < -0.3 is 10.1 Å². The number of ether oxygens (including phenoxy) is 1. The summed E-state index contributed by atoms with van der Waals surface area (Å²) in [4.78, 5) is 6.03. The highest BCUT2D eigenvalue weighted by atomic mass is 32.1. The Morgan fingerprint density at radius 2 is 1.90 bits per heavy atom. The largest absolute Gasteiger partial charge is 0.488 e. The van der Waals surface area contributed by atoms with E-state index < -0.39 is 0 Å². The normalized spacial score (nSPS) is 16.1. The van der Waals surface area contributed by atoms with Gasteiger partial charge in [0.1, 0.15) is 12.4 Å². The van der Waals surface area contributed by atoms with Crippen LogP contribution in [0.3, 0.4) is 0 Å². The number of aryl methyl sites for hydroxylation is 2. The monoisotopic (exact) mass is 302 g/mol. The molecule has 112 valence electrons. The number of thiazole rings is 1. The van der Waals surface area contributed by atoms with Crippen LogP contribution < -0.4 is 10.1 Å². The highest BCUT2D eigenvalue weighted by molar-refractivity contribution is 7.11. The van der Waals surface area contributed by atoms with Gasteiger partial charge in [0, 0.05) is 5.92 Å². The van der Waals surface area contributed by atoms with Gasteiger partial charge in [-0.3, -0.25) is 0 Å². The number of nitrogens with one attached hydrogen (secondary N) is 1. The van der Waals surface area contributed by atoms with E-state index in [0.29, 0.717) is 12.5 Å². The third kappa shape index (κ3) is 3.63. The fraction of sp³-hybridized carbons (Fsp3) is 0.471. The topological polar surface area (TPSA) is 34.1 Å². The van der Waals surface area contributed by atoms with Gasteiger partial charge in [0.2, 0.25) is 0 Å². The quantitative estimate of drug-likeness (QED) is 0.932. The second kappa shape index (κ2) is 6.58. The second-order valence-corrected chi connectivity index (χ2v) is 6.80. The van der Waals surface area contributed by atoms with Gasteiger partial charge in [0.05, 0.1) is 15.6 Å². The maximum Gasteiger partial charge on any atom is 0.124 e. The van der Waals surface area contributed by atoms with Crippen molar-refractivity contribution < 1.29 is 4.74 Å². The predicted octanol–water partition coefficient (Wildman–Crippen LogP) is 3.81. The molecule has 1 saturated heterocycles. The van der Waals surface area contributed by atoms with Crippen LogP contribution in [0.5, 0.6) is 5.75 Å². The Labute approximate surface area is 130 Å². The Morgan fingerprint density at radius 3 is 2.62 bits per heavy atom. The van der Waals surface area contributed by atoms with Crippen molar-refractivity contribution in [1.29, 1.82) is 0 Å². The van der Waals surface area contributed by atoms with Gasteiger partial charge in [-0.25, -0.2) is 4.98 Å². The minimum atomic E-state index is 0.623. The lowest BCUT2D eigenvalue weighted by Gasteiger charge is -2.20. The third-order valence-electron chi connectivity index (χ3n) is 3.99.